The quantitative estimate of drug-likeness (QED) is 0.897. The molecule has 8 nitrogen and oxygen atoms in total. The van der Waals surface area contributed by atoms with E-state index in [0.717, 1.165) is 6.26 Å². The van der Waals surface area contributed by atoms with Gasteiger partial charge in [0, 0.05) is 12.8 Å². The molecule has 1 amide bonds. The standard InChI is InChI=1S/C12H22N4O4S/c1-7-16-9(14-15-10(16)21(6,18)19)8(2)13-11(17)20-12(3,4)5/h8H,7H2,1-6H3,(H,13,17). The Morgan fingerprint density at radius 1 is 1.38 bits per heavy atom. The highest BCUT2D eigenvalue weighted by molar-refractivity contribution is 7.90. The minimum atomic E-state index is -3.47. The van der Waals surface area contributed by atoms with Gasteiger partial charge < -0.3 is 14.6 Å². The molecule has 0 aliphatic rings. The molecule has 9 heteroatoms. The number of ether oxygens (including phenoxy) is 1. The summed E-state index contributed by atoms with van der Waals surface area (Å²) < 4.78 is 29.9. The Labute approximate surface area is 124 Å². The zero-order valence-corrected chi connectivity index (χ0v) is 14.0. The number of rotatable bonds is 4. The number of nitrogens with zero attached hydrogens (tertiary/aromatic N) is 3. The second-order valence-corrected chi connectivity index (χ2v) is 7.63. The molecule has 0 fully saturated rings. The zero-order chi connectivity index (χ0) is 16.4. The summed E-state index contributed by atoms with van der Waals surface area (Å²) in [6, 6.07) is -0.525. The van der Waals surface area contributed by atoms with Gasteiger partial charge >= 0.3 is 6.09 Å². The lowest BCUT2D eigenvalue weighted by Gasteiger charge is -2.21. The third-order valence-corrected chi connectivity index (χ3v) is 3.48. The van der Waals surface area contributed by atoms with E-state index in [-0.39, 0.29) is 5.16 Å². The molecule has 1 N–H and O–H groups in total. The van der Waals surface area contributed by atoms with E-state index in [9.17, 15) is 13.2 Å². The van der Waals surface area contributed by atoms with Gasteiger partial charge in [-0.2, -0.15) is 0 Å². The van der Waals surface area contributed by atoms with Crippen molar-refractivity contribution >= 4 is 15.9 Å². The van der Waals surface area contributed by atoms with Crippen LogP contribution in [-0.2, 0) is 21.1 Å². The first-order valence-corrected chi connectivity index (χ1v) is 8.47. The molecule has 0 saturated heterocycles. The van der Waals surface area contributed by atoms with Crippen molar-refractivity contribution < 1.29 is 17.9 Å². The number of hydrogen-bond acceptors (Lipinski definition) is 6. The van der Waals surface area contributed by atoms with Crippen LogP contribution in [0.25, 0.3) is 0 Å². The lowest BCUT2D eigenvalue weighted by atomic mass is 10.2. The molecular weight excluding hydrogens is 296 g/mol. The monoisotopic (exact) mass is 318 g/mol. The number of aromatic nitrogens is 3. The van der Waals surface area contributed by atoms with Crippen molar-refractivity contribution in [3.63, 3.8) is 0 Å². The SMILES string of the molecule is CCn1c(C(C)NC(=O)OC(C)(C)C)nnc1S(C)(=O)=O. The van der Waals surface area contributed by atoms with Crippen LogP contribution in [0, 0.1) is 0 Å². The van der Waals surface area contributed by atoms with Crippen molar-refractivity contribution in [3.8, 4) is 0 Å². The molecule has 21 heavy (non-hydrogen) atoms. The maximum atomic E-state index is 11.7. The van der Waals surface area contributed by atoms with Gasteiger partial charge in [-0.25, -0.2) is 13.2 Å². The fourth-order valence-electron chi connectivity index (χ4n) is 1.74. The third-order valence-electron chi connectivity index (χ3n) is 2.51. The molecule has 0 aliphatic heterocycles. The highest BCUT2D eigenvalue weighted by atomic mass is 32.2. The predicted molar refractivity (Wildman–Crippen MR) is 76.6 cm³/mol. The van der Waals surface area contributed by atoms with Crippen LogP contribution in [0.15, 0.2) is 5.16 Å². The molecule has 1 aromatic rings. The van der Waals surface area contributed by atoms with Crippen molar-refractivity contribution in [2.75, 3.05) is 6.26 Å². The van der Waals surface area contributed by atoms with E-state index in [4.69, 9.17) is 4.74 Å². The summed E-state index contributed by atoms with van der Waals surface area (Å²) in [5.41, 5.74) is -0.611. The Bertz CT molecular complexity index is 616. The fraction of sp³-hybridized carbons (Fsp3) is 0.750. The van der Waals surface area contributed by atoms with Gasteiger partial charge in [-0.05, 0) is 34.6 Å². The molecule has 0 saturated carbocycles. The van der Waals surface area contributed by atoms with Crippen LogP contribution < -0.4 is 5.32 Å². The average Bonchev–Trinajstić information content (AvgIpc) is 2.68. The normalized spacial score (nSPS) is 13.8. The van der Waals surface area contributed by atoms with Crippen LogP contribution >= 0.6 is 0 Å². The van der Waals surface area contributed by atoms with Crippen LogP contribution in [0.2, 0.25) is 0 Å². The van der Waals surface area contributed by atoms with Crippen molar-refractivity contribution in [2.24, 2.45) is 0 Å². The van der Waals surface area contributed by atoms with Gasteiger partial charge in [0.1, 0.15) is 5.60 Å². The van der Waals surface area contributed by atoms with E-state index in [1.165, 1.54) is 4.57 Å². The largest absolute Gasteiger partial charge is 0.444 e. The highest BCUT2D eigenvalue weighted by Gasteiger charge is 2.25. The zero-order valence-electron chi connectivity index (χ0n) is 13.2. The summed E-state index contributed by atoms with van der Waals surface area (Å²) >= 11 is 0. The van der Waals surface area contributed by atoms with E-state index in [2.05, 4.69) is 15.5 Å². The number of alkyl carbamates (subject to hydrolysis) is 1. The fourth-order valence-corrected chi connectivity index (χ4v) is 2.55. The maximum absolute atomic E-state index is 11.7. The molecule has 1 atom stereocenters. The Balaban J connectivity index is 2.96. The van der Waals surface area contributed by atoms with E-state index >= 15 is 0 Å². The molecular formula is C12H22N4O4S. The van der Waals surface area contributed by atoms with Crippen LogP contribution in [0.4, 0.5) is 4.79 Å². The molecule has 0 aromatic carbocycles. The van der Waals surface area contributed by atoms with Gasteiger partial charge in [0.15, 0.2) is 5.82 Å². The average molecular weight is 318 g/mol. The summed E-state index contributed by atoms with van der Waals surface area (Å²) in [5.74, 6) is 0.365. The molecule has 1 unspecified atom stereocenters. The third kappa shape index (κ3) is 4.69. The lowest BCUT2D eigenvalue weighted by molar-refractivity contribution is 0.0505. The van der Waals surface area contributed by atoms with Crippen molar-refractivity contribution in [1.29, 1.82) is 0 Å². The first-order valence-electron chi connectivity index (χ1n) is 6.58. The molecule has 1 rings (SSSR count). The van der Waals surface area contributed by atoms with Crippen LogP contribution in [0.5, 0.6) is 0 Å². The van der Waals surface area contributed by atoms with Crippen molar-refractivity contribution in [1.82, 2.24) is 20.1 Å². The first-order chi connectivity index (χ1) is 9.45. The van der Waals surface area contributed by atoms with Crippen LogP contribution in [0.1, 0.15) is 46.5 Å². The van der Waals surface area contributed by atoms with E-state index < -0.39 is 27.6 Å². The first kappa shape index (κ1) is 17.4. The van der Waals surface area contributed by atoms with E-state index in [1.807, 2.05) is 0 Å². The summed E-state index contributed by atoms with van der Waals surface area (Å²) in [4.78, 5) is 11.7. The second-order valence-electron chi connectivity index (χ2n) is 5.73. The van der Waals surface area contributed by atoms with E-state index in [0.29, 0.717) is 12.4 Å². The Hall–Kier alpha value is -1.64. The molecule has 1 aromatic heterocycles. The van der Waals surface area contributed by atoms with Gasteiger partial charge in [-0.15, -0.1) is 10.2 Å². The molecule has 0 bridgehead atoms. The van der Waals surface area contributed by atoms with Crippen LogP contribution in [0.3, 0.4) is 0 Å². The maximum Gasteiger partial charge on any atom is 0.408 e. The van der Waals surface area contributed by atoms with E-state index in [1.54, 1.807) is 34.6 Å². The summed E-state index contributed by atoms with van der Waals surface area (Å²) in [7, 11) is -3.47. The number of nitrogens with one attached hydrogen (secondary N) is 1. The van der Waals surface area contributed by atoms with Crippen molar-refractivity contribution in [2.45, 2.75) is 58.0 Å². The Morgan fingerprint density at radius 2 is 1.95 bits per heavy atom. The highest BCUT2D eigenvalue weighted by Crippen LogP contribution is 2.16. The number of carbonyl (C=O) groups is 1. The Kier molecular flexibility index (Phi) is 4.98. The predicted octanol–water partition coefficient (Wildman–Crippen LogP) is 1.29. The topological polar surface area (TPSA) is 103 Å². The summed E-state index contributed by atoms with van der Waals surface area (Å²) in [5, 5.41) is 10.1. The molecule has 0 aliphatic carbocycles. The van der Waals surface area contributed by atoms with Crippen LogP contribution in [-0.4, -0.2) is 41.1 Å². The lowest BCUT2D eigenvalue weighted by Crippen LogP contribution is -2.35. The molecule has 120 valence electrons. The summed E-state index contributed by atoms with van der Waals surface area (Å²) in [6.45, 7) is 9.12. The number of hydrogen-bond donors (Lipinski definition) is 1. The minimum Gasteiger partial charge on any atom is -0.444 e. The minimum absolute atomic E-state index is 0.113. The van der Waals surface area contributed by atoms with Crippen molar-refractivity contribution in [3.05, 3.63) is 5.82 Å². The molecule has 1 heterocycles. The molecule has 0 spiro atoms. The number of carbonyl (C=O) groups excluding carboxylic acids is 1. The van der Waals surface area contributed by atoms with Gasteiger partial charge in [0.25, 0.3) is 0 Å². The smallest absolute Gasteiger partial charge is 0.408 e. The van der Waals surface area contributed by atoms with Gasteiger partial charge in [0.2, 0.25) is 15.0 Å². The van der Waals surface area contributed by atoms with Gasteiger partial charge in [0.05, 0.1) is 6.04 Å². The van der Waals surface area contributed by atoms with Gasteiger partial charge in [-0.1, -0.05) is 0 Å². The molecule has 0 radical (unpaired) electrons. The van der Waals surface area contributed by atoms with Gasteiger partial charge in [-0.3, -0.25) is 0 Å². The number of amides is 1. The number of sulfone groups is 1. The Morgan fingerprint density at radius 3 is 2.38 bits per heavy atom. The second kappa shape index (κ2) is 6.00. The summed E-state index contributed by atoms with van der Waals surface area (Å²) in [6.07, 6.45) is 0.473.